The summed E-state index contributed by atoms with van der Waals surface area (Å²) >= 11 is 3.15. The van der Waals surface area contributed by atoms with Gasteiger partial charge in [0.1, 0.15) is 22.5 Å². The minimum atomic E-state index is -0.0162. The van der Waals surface area contributed by atoms with E-state index in [1.807, 2.05) is 49.4 Å². The van der Waals surface area contributed by atoms with Gasteiger partial charge in [0.05, 0.1) is 24.6 Å². The first-order chi connectivity index (χ1) is 13.2. The van der Waals surface area contributed by atoms with Crippen molar-refractivity contribution in [1.82, 2.24) is 5.32 Å². The van der Waals surface area contributed by atoms with Crippen molar-refractivity contribution in [3.63, 3.8) is 0 Å². The SMILES string of the molecule is CCOc1ccc(OCCNC(=O)CSC2=Nc3ccccc3CS2)cc1. The number of aliphatic imine (C=N–C) groups is 1. The van der Waals surface area contributed by atoms with E-state index < -0.39 is 0 Å². The van der Waals surface area contributed by atoms with Crippen molar-refractivity contribution in [3.8, 4) is 11.5 Å². The minimum absolute atomic E-state index is 0.0162. The van der Waals surface area contributed by atoms with Crippen molar-refractivity contribution in [2.45, 2.75) is 12.7 Å². The molecular formula is C20H22N2O3S2. The van der Waals surface area contributed by atoms with E-state index in [1.165, 1.54) is 17.3 Å². The highest BCUT2D eigenvalue weighted by Gasteiger charge is 2.13. The predicted octanol–water partition coefficient (Wildman–Crippen LogP) is 4.25. The summed E-state index contributed by atoms with van der Waals surface area (Å²) in [5, 5.41) is 2.87. The zero-order valence-electron chi connectivity index (χ0n) is 15.1. The lowest BCUT2D eigenvalue weighted by atomic mass is 10.2. The third kappa shape index (κ3) is 6.22. The Bertz CT molecular complexity index is 794. The van der Waals surface area contributed by atoms with E-state index in [4.69, 9.17) is 9.47 Å². The number of carbonyl (C=O) groups excluding carboxylic acids is 1. The Hall–Kier alpha value is -2.12. The van der Waals surface area contributed by atoms with Crippen LogP contribution in [0.2, 0.25) is 0 Å². The number of amides is 1. The molecule has 142 valence electrons. The predicted molar refractivity (Wildman–Crippen MR) is 113 cm³/mol. The van der Waals surface area contributed by atoms with Crippen LogP contribution in [0.3, 0.4) is 0 Å². The molecule has 0 unspecified atom stereocenters. The molecule has 0 fully saturated rings. The number of thioether (sulfide) groups is 2. The Morgan fingerprint density at radius 1 is 1.15 bits per heavy atom. The Kier molecular flexibility index (Phi) is 7.47. The Morgan fingerprint density at radius 2 is 1.89 bits per heavy atom. The topological polar surface area (TPSA) is 59.9 Å². The molecule has 1 amide bonds. The van der Waals surface area contributed by atoms with Crippen LogP contribution in [0.5, 0.6) is 11.5 Å². The molecule has 7 heteroatoms. The van der Waals surface area contributed by atoms with E-state index in [1.54, 1.807) is 11.8 Å². The Balaban J connectivity index is 1.34. The summed E-state index contributed by atoms with van der Waals surface area (Å²) < 4.78 is 11.9. The molecule has 3 rings (SSSR count). The van der Waals surface area contributed by atoms with Gasteiger partial charge >= 0.3 is 0 Å². The highest BCUT2D eigenvalue weighted by molar-refractivity contribution is 8.38. The molecule has 5 nitrogen and oxygen atoms in total. The van der Waals surface area contributed by atoms with Gasteiger partial charge in [-0.25, -0.2) is 4.99 Å². The van der Waals surface area contributed by atoms with Crippen LogP contribution in [-0.2, 0) is 10.5 Å². The van der Waals surface area contributed by atoms with Crippen LogP contribution in [0.25, 0.3) is 0 Å². The fourth-order valence-corrected chi connectivity index (χ4v) is 4.31. The molecule has 0 aromatic heterocycles. The van der Waals surface area contributed by atoms with Crippen molar-refractivity contribution in [2.24, 2.45) is 4.99 Å². The van der Waals surface area contributed by atoms with Gasteiger partial charge in [-0.05, 0) is 42.8 Å². The average Bonchev–Trinajstić information content (AvgIpc) is 2.71. The number of nitrogens with zero attached hydrogens (tertiary/aromatic N) is 1. The first-order valence-corrected chi connectivity index (χ1v) is 10.8. The number of nitrogens with one attached hydrogen (secondary N) is 1. The van der Waals surface area contributed by atoms with Gasteiger partial charge in [-0.3, -0.25) is 4.79 Å². The first kappa shape index (κ1) is 19.6. The molecule has 0 atom stereocenters. The third-order valence-electron chi connectivity index (χ3n) is 3.71. The minimum Gasteiger partial charge on any atom is -0.494 e. The monoisotopic (exact) mass is 402 g/mol. The number of para-hydroxylation sites is 1. The van der Waals surface area contributed by atoms with Gasteiger partial charge in [0, 0.05) is 5.75 Å². The van der Waals surface area contributed by atoms with Crippen molar-refractivity contribution < 1.29 is 14.3 Å². The van der Waals surface area contributed by atoms with Gasteiger partial charge in [0.2, 0.25) is 5.91 Å². The summed E-state index contributed by atoms with van der Waals surface area (Å²) in [5.74, 6) is 2.82. The summed E-state index contributed by atoms with van der Waals surface area (Å²) in [6.45, 7) is 3.48. The maximum Gasteiger partial charge on any atom is 0.230 e. The number of carbonyl (C=O) groups is 1. The molecule has 0 aliphatic carbocycles. The molecule has 1 heterocycles. The van der Waals surface area contributed by atoms with Crippen molar-refractivity contribution in [2.75, 3.05) is 25.5 Å². The molecule has 1 N–H and O–H groups in total. The summed E-state index contributed by atoms with van der Waals surface area (Å²) in [6.07, 6.45) is 0. The van der Waals surface area contributed by atoms with Gasteiger partial charge in [-0.1, -0.05) is 41.7 Å². The van der Waals surface area contributed by atoms with Crippen LogP contribution in [-0.4, -0.2) is 35.8 Å². The lowest BCUT2D eigenvalue weighted by Gasteiger charge is -2.14. The van der Waals surface area contributed by atoms with E-state index in [9.17, 15) is 4.79 Å². The summed E-state index contributed by atoms with van der Waals surface area (Å²) in [7, 11) is 0. The van der Waals surface area contributed by atoms with Crippen molar-refractivity contribution in [3.05, 3.63) is 54.1 Å². The third-order valence-corrected chi connectivity index (χ3v) is 5.95. The fraction of sp³-hybridized carbons (Fsp3) is 0.300. The maximum absolute atomic E-state index is 12.0. The quantitative estimate of drug-likeness (QED) is 0.669. The summed E-state index contributed by atoms with van der Waals surface area (Å²) in [6, 6.07) is 15.6. The van der Waals surface area contributed by atoms with Gasteiger partial charge in [-0.15, -0.1) is 0 Å². The zero-order chi connectivity index (χ0) is 18.9. The largest absolute Gasteiger partial charge is 0.494 e. The van der Waals surface area contributed by atoms with E-state index in [-0.39, 0.29) is 5.91 Å². The number of hydrogen-bond acceptors (Lipinski definition) is 6. The number of fused-ring (bicyclic) bond motifs is 1. The highest BCUT2D eigenvalue weighted by atomic mass is 32.2. The molecule has 1 aliphatic heterocycles. The maximum atomic E-state index is 12.0. The second-order valence-corrected chi connectivity index (χ2v) is 7.87. The van der Waals surface area contributed by atoms with E-state index in [2.05, 4.69) is 16.4 Å². The van der Waals surface area contributed by atoms with Crippen LogP contribution < -0.4 is 14.8 Å². The van der Waals surface area contributed by atoms with Crippen molar-refractivity contribution >= 4 is 39.5 Å². The summed E-state index contributed by atoms with van der Waals surface area (Å²) in [4.78, 5) is 16.6. The van der Waals surface area contributed by atoms with Gasteiger partial charge in [0.15, 0.2) is 0 Å². The zero-order valence-corrected chi connectivity index (χ0v) is 16.8. The second kappa shape index (κ2) is 10.3. The molecule has 0 saturated carbocycles. The normalized spacial score (nSPS) is 12.7. The lowest BCUT2D eigenvalue weighted by molar-refractivity contribution is -0.118. The van der Waals surface area contributed by atoms with E-state index in [0.29, 0.717) is 25.5 Å². The number of rotatable bonds is 8. The molecular weight excluding hydrogens is 380 g/mol. The van der Waals surface area contributed by atoms with Gasteiger partial charge < -0.3 is 14.8 Å². The molecule has 0 radical (unpaired) electrons. The molecule has 2 aromatic carbocycles. The van der Waals surface area contributed by atoms with Gasteiger partial charge in [0.25, 0.3) is 0 Å². The van der Waals surface area contributed by atoms with Gasteiger partial charge in [-0.2, -0.15) is 0 Å². The van der Waals surface area contributed by atoms with E-state index >= 15 is 0 Å². The first-order valence-electron chi connectivity index (χ1n) is 8.79. The summed E-state index contributed by atoms with van der Waals surface area (Å²) in [5.41, 5.74) is 2.24. The van der Waals surface area contributed by atoms with Crippen LogP contribution in [0.15, 0.2) is 53.5 Å². The number of hydrogen-bond donors (Lipinski definition) is 1. The fourth-order valence-electron chi connectivity index (χ4n) is 2.42. The molecule has 0 saturated heterocycles. The molecule has 0 spiro atoms. The van der Waals surface area contributed by atoms with Crippen LogP contribution in [0.4, 0.5) is 5.69 Å². The smallest absolute Gasteiger partial charge is 0.230 e. The number of ether oxygens (including phenoxy) is 2. The van der Waals surface area contributed by atoms with Crippen LogP contribution >= 0.6 is 23.5 Å². The lowest BCUT2D eigenvalue weighted by Crippen LogP contribution is -2.29. The molecule has 1 aliphatic rings. The van der Waals surface area contributed by atoms with Crippen LogP contribution in [0.1, 0.15) is 12.5 Å². The second-order valence-electron chi connectivity index (χ2n) is 5.69. The van der Waals surface area contributed by atoms with E-state index in [0.717, 1.165) is 27.3 Å². The standard InChI is InChI=1S/C20H22N2O3S2/c1-2-24-16-7-9-17(10-8-16)25-12-11-21-19(23)14-27-20-22-18-6-4-3-5-15(18)13-26-20/h3-10H,2,11-14H2,1H3,(H,21,23). The molecule has 2 aromatic rings. The molecule has 0 bridgehead atoms. The molecule has 27 heavy (non-hydrogen) atoms. The van der Waals surface area contributed by atoms with Crippen molar-refractivity contribution in [1.29, 1.82) is 0 Å². The average molecular weight is 403 g/mol. The number of benzene rings is 2. The Morgan fingerprint density at radius 3 is 2.67 bits per heavy atom. The highest BCUT2D eigenvalue weighted by Crippen LogP contribution is 2.34. The Labute approximate surface area is 167 Å². The van der Waals surface area contributed by atoms with Crippen LogP contribution in [0, 0.1) is 0 Å².